The van der Waals surface area contributed by atoms with Crippen LogP contribution in [0.5, 0.6) is 11.5 Å². The number of nitrogens with one attached hydrogen (secondary N) is 1. The number of para-hydroxylation sites is 2. The summed E-state index contributed by atoms with van der Waals surface area (Å²) >= 11 is 0. The molecule has 0 aliphatic carbocycles. The zero-order valence-electron chi connectivity index (χ0n) is 11.9. The van der Waals surface area contributed by atoms with Gasteiger partial charge in [0.05, 0.1) is 12.8 Å². The van der Waals surface area contributed by atoms with Gasteiger partial charge >= 0.3 is 0 Å². The number of methoxy groups -OCH3 is 1. The van der Waals surface area contributed by atoms with Crippen LogP contribution in [0.1, 0.15) is 18.7 Å². The summed E-state index contributed by atoms with van der Waals surface area (Å²) in [7, 11) is 1.64. The van der Waals surface area contributed by atoms with Gasteiger partial charge in [-0.25, -0.2) is 0 Å². The number of pyridine rings is 1. The molecular weight excluding hydrogens is 252 g/mol. The monoisotopic (exact) mass is 272 g/mol. The molecule has 2 aromatic rings. The highest BCUT2D eigenvalue weighted by molar-refractivity contribution is 5.39. The van der Waals surface area contributed by atoms with Crippen molar-refractivity contribution in [3.8, 4) is 11.5 Å². The topological polar surface area (TPSA) is 43.4 Å². The van der Waals surface area contributed by atoms with Crippen molar-refractivity contribution in [2.45, 2.75) is 13.0 Å². The quantitative estimate of drug-likeness (QED) is 0.787. The van der Waals surface area contributed by atoms with E-state index in [4.69, 9.17) is 9.47 Å². The highest BCUT2D eigenvalue weighted by Crippen LogP contribution is 2.25. The Balaban J connectivity index is 1.76. The molecule has 1 N–H and O–H groups in total. The van der Waals surface area contributed by atoms with Gasteiger partial charge in [0.2, 0.25) is 0 Å². The fourth-order valence-electron chi connectivity index (χ4n) is 1.91. The van der Waals surface area contributed by atoms with Gasteiger partial charge in [-0.15, -0.1) is 0 Å². The van der Waals surface area contributed by atoms with Gasteiger partial charge in [-0.2, -0.15) is 0 Å². The smallest absolute Gasteiger partial charge is 0.161 e. The molecule has 0 aliphatic rings. The number of benzene rings is 1. The molecule has 106 valence electrons. The summed E-state index contributed by atoms with van der Waals surface area (Å²) in [4.78, 5) is 4.32. The van der Waals surface area contributed by atoms with E-state index in [0.29, 0.717) is 6.61 Å². The van der Waals surface area contributed by atoms with E-state index in [0.717, 1.165) is 23.7 Å². The standard InChI is InChI=1S/C16H20N2O2/c1-13(14-7-5-6-10-18-14)17-11-12-20-16-9-4-3-8-15(16)19-2/h3-10,13,17H,11-12H2,1-2H3/t13-/m0/s1. The molecule has 4 nitrogen and oxygen atoms in total. The highest BCUT2D eigenvalue weighted by atomic mass is 16.5. The first kappa shape index (κ1) is 14.3. The van der Waals surface area contributed by atoms with Crippen molar-refractivity contribution in [2.24, 2.45) is 0 Å². The van der Waals surface area contributed by atoms with Crippen LogP contribution in [-0.4, -0.2) is 25.2 Å². The van der Waals surface area contributed by atoms with E-state index in [1.165, 1.54) is 0 Å². The SMILES string of the molecule is COc1ccccc1OCCN[C@@H](C)c1ccccn1. The zero-order valence-corrected chi connectivity index (χ0v) is 11.9. The van der Waals surface area contributed by atoms with Crippen molar-refractivity contribution < 1.29 is 9.47 Å². The van der Waals surface area contributed by atoms with Gasteiger partial charge in [0.1, 0.15) is 6.61 Å². The van der Waals surface area contributed by atoms with Crippen LogP contribution >= 0.6 is 0 Å². The maximum absolute atomic E-state index is 5.71. The molecular formula is C16H20N2O2. The number of rotatable bonds is 7. The van der Waals surface area contributed by atoms with Crippen molar-refractivity contribution >= 4 is 0 Å². The predicted octanol–water partition coefficient (Wildman–Crippen LogP) is 2.82. The van der Waals surface area contributed by atoms with Crippen molar-refractivity contribution in [1.82, 2.24) is 10.3 Å². The summed E-state index contributed by atoms with van der Waals surface area (Å²) in [5.41, 5.74) is 1.03. The van der Waals surface area contributed by atoms with E-state index in [1.807, 2.05) is 42.5 Å². The zero-order chi connectivity index (χ0) is 14.2. The molecule has 0 unspecified atom stereocenters. The van der Waals surface area contributed by atoms with Gasteiger partial charge in [-0.05, 0) is 31.2 Å². The number of hydrogen-bond donors (Lipinski definition) is 1. The lowest BCUT2D eigenvalue weighted by molar-refractivity contribution is 0.287. The summed E-state index contributed by atoms with van der Waals surface area (Å²) in [6.45, 7) is 3.42. The van der Waals surface area contributed by atoms with Crippen molar-refractivity contribution in [3.63, 3.8) is 0 Å². The van der Waals surface area contributed by atoms with E-state index in [-0.39, 0.29) is 6.04 Å². The van der Waals surface area contributed by atoms with Crippen LogP contribution in [0.2, 0.25) is 0 Å². The van der Waals surface area contributed by atoms with E-state index < -0.39 is 0 Å². The fourth-order valence-corrected chi connectivity index (χ4v) is 1.91. The Morgan fingerprint density at radius 1 is 1.10 bits per heavy atom. The van der Waals surface area contributed by atoms with Gasteiger partial charge in [-0.1, -0.05) is 18.2 Å². The lowest BCUT2D eigenvalue weighted by atomic mass is 10.2. The van der Waals surface area contributed by atoms with Gasteiger partial charge < -0.3 is 14.8 Å². The molecule has 2 rings (SSSR count). The molecule has 20 heavy (non-hydrogen) atoms. The predicted molar refractivity (Wildman–Crippen MR) is 79.1 cm³/mol. The number of aromatic nitrogens is 1. The summed E-state index contributed by atoms with van der Waals surface area (Å²) in [6.07, 6.45) is 1.80. The molecule has 0 spiro atoms. The van der Waals surface area contributed by atoms with Crippen molar-refractivity contribution in [3.05, 3.63) is 54.4 Å². The Hall–Kier alpha value is -2.07. The first-order valence-electron chi connectivity index (χ1n) is 6.71. The maximum atomic E-state index is 5.71. The largest absolute Gasteiger partial charge is 0.493 e. The van der Waals surface area contributed by atoms with E-state index in [9.17, 15) is 0 Å². The Kier molecular flexibility index (Phi) is 5.38. The Labute approximate surface area is 119 Å². The molecule has 0 amide bonds. The minimum absolute atomic E-state index is 0.206. The molecule has 1 aromatic heterocycles. The summed E-state index contributed by atoms with van der Waals surface area (Å²) in [5.74, 6) is 1.52. The molecule has 0 aliphatic heterocycles. The van der Waals surface area contributed by atoms with Crippen LogP contribution in [0.3, 0.4) is 0 Å². The summed E-state index contributed by atoms with van der Waals surface area (Å²) in [5, 5.41) is 3.38. The van der Waals surface area contributed by atoms with Crippen molar-refractivity contribution in [2.75, 3.05) is 20.3 Å². The van der Waals surface area contributed by atoms with Crippen LogP contribution in [0.15, 0.2) is 48.7 Å². The lowest BCUT2D eigenvalue weighted by Gasteiger charge is -2.14. The average molecular weight is 272 g/mol. The van der Waals surface area contributed by atoms with Crippen molar-refractivity contribution in [1.29, 1.82) is 0 Å². The van der Waals surface area contributed by atoms with Gasteiger partial charge in [0.25, 0.3) is 0 Å². The van der Waals surface area contributed by atoms with Gasteiger partial charge in [-0.3, -0.25) is 4.98 Å². The Morgan fingerprint density at radius 2 is 1.85 bits per heavy atom. The van der Waals surface area contributed by atoms with Crippen LogP contribution in [0.25, 0.3) is 0 Å². The molecule has 4 heteroatoms. The second-order valence-corrected chi connectivity index (χ2v) is 4.43. The lowest BCUT2D eigenvalue weighted by Crippen LogP contribution is -2.24. The molecule has 0 saturated heterocycles. The molecule has 1 aromatic carbocycles. The molecule has 0 radical (unpaired) electrons. The van der Waals surface area contributed by atoms with Gasteiger partial charge in [0, 0.05) is 18.8 Å². The minimum Gasteiger partial charge on any atom is -0.493 e. The van der Waals surface area contributed by atoms with E-state index in [1.54, 1.807) is 13.3 Å². The number of hydrogen-bond acceptors (Lipinski definition) is 4. The third kappa shape index (κ3) is 3.96. The van der Waals surface area contributed by atoms with E-state index in [2.05, 4.69) is 17.2 Å². The molecule has 1 heterocycles. The van der Waals surface area contributed by atoms with Crippen LogP contribution in [-0.2, 0) is 0 Å². The number of ether oxygens (including phenoxy) is 2. The Bertz CT molecular complexity index is 517. The molecule has 0 bridgehead atoms. The van der Waals surface area contributed by atoms with Crippen LogP contribution in [0, 0.1) is 0 Å². The van der Waals surface area contributed by atoms with Gasteiger partial charge in [0.15, 0.2) is 11.5 Å². The van der Waals surface area contributed by atoms with E-state index >= 15 is 0 Å². The highest BCUT2D eigenvalue weighted by Gasteiger charge is 2.06. The second-order valence-electron chi connectivity index (χ2n) is 4.43. The fraction of sp³-hybridized carbons (Fsp3) is 0.312. The van der Waals surface area contributed by atoms with Crippen LogP contribution in [0.4, 0.5) is 0 Å². The first-order valence-corrected chi connectivity index (χ1v) is 6.71. The minimum atomic E-state index is 0.206. The summed E-state index contributed by atoms with van der Waals surface area (Å²) < 4.78 is 10.9. The summed E-state index contributed by atoms with van der Waals surface area (Å²) in [6, 6.07) is 13.8. The normalized spacial score (nSPS) is 11.9. The first-order chi connectivity index (χ1) is 9.81. The molecule has 0 saturated carbocycles. The molecule has 0 fully saturated rings. The maximum Gasteiger partial charge on any atom is 0.161 e. The third-order valence-corrected chi connectivity index (χ3v) is 3.01. The Morgan fingerprint density at radius 3 is 2.55 bits per heavy atom. The van der Waals surface area contributed by atoms with Crippen LogP contribution < -0.4 is 14.8 Å². The molecule has 1 atom stereocenters. The third-order valence-electron chi connectivity index (χ3n) is 3.01. The second kappa shape index (κ2) is 7.50. The average Bonchev–Trinajstić information content (AvgIpc) is 2.52. The number of nitrogens with zero attached hydrogens (tertiary/aromatic N) is 1.